The molecule has 2 aromatic heterocycles. The molecule has 0 radical (unpaired) electrons. The molecule has 1 aromatic carbocycles. The summed E-state index contributed by atoms with van der Waals surface area (Å²) in [6.45, 7) is 9.19. The first-order valence-electron chi connectivity index (χ1n) is 12.1. The van der Waals surface area contributed by atoms with Gasteiger partial charge in [0.2, 0.25) is 5.82 Å². The monoisotopic (exact) mass is 467 g/mol. The Kier molecular flexibility index (Phi) is 8.95. The highest BCUT2D eigenvalue weighted by atomic mass is 16.5. The van der Waals surface area contributed by atoms with Gasteiger partial charge in [0, 0.05) is 35.5 Å². The molecule has 0 atom stereocenters. The van der Waals surface area contributed by atoms with Crippen LogP contribution in [0.4, 0.5) is 0 Å². The number of aryl methyl sites for hydroxylation is 1. The van der Waals surface area contributed by atoms with Crippen LogP contribution >= 0.6 is 0 Å². The number of ether oxygens (including phenoxy) is 1. The Morgan fingerprint density at radius 1 is 1.12 bits per heavy atom. The summed E-state index contributed by atoms with van der Waals surface area (Å²) in [5, 5.41) is 11.5. The molecule has 0 spiro atoms. The second-order valence-corrected chi connectivity index (χ2v) is 7.61. The molecule has 0 fully saturated rings. The van der Waals surface area contributed by atoms with E-state index in [4.69, 9.17) is 14.4 Å². The number of esters is 1. The maximum atomic E-state index is 12.3. The quantitative estimate of drug-likeness (QED) is 0.494. The van der Waals surface area contributed by atoms with Gasteiger partial charge in [-0.15, -0.1) is 0 Å². The lowest BCUT2D eigenvalue weighted by Crippen LogP contribution is -2.26. The Morgan fingerprint density at radius 2 is 1.85 bits per heavy atom. The smallest absolute Gasteiger partial charge is 0.307 e. The van der Waals surface area contributed by atoms with Gasteiger partial charge < -0.3 is 14.6 Å². The molecule has 9 nitrogen and oxygen atoms in total. The Labute approximate surface area is 199 Å². The van der Waals surface area contributed by atoms with Crippen LogP contribution in [0, 0.1) is 0 Å². The van der Waals surface area contributed by atoms with Crippen molar-refractivity contribution in [3.05, 3.63) is 41.1 Å². The van der Waals surface area contributed by atoms with Crippen LogP contribution in [0.25, 0.3) is 23.0 Å². The predicted octanol–water partition coefficient (Wildman–Crippen LogP) is 4.21. The van der Waals surface area contributed by atoms with Gasteiger partial charge in [0.25, 0.3) is 11.8 Å². The van der Waals surface area contributed by atoms with Crippen molar-refractivity contribution < 1.29 is 18.8 Å². The largest absolute Gasteiger partial charge is 0.466 e. The van der Waals surface area contributed by atoms with E-state index in [1.807, 2.05) is 18.5 Å². The molecule has 2 heterocycles. The molecule has 0 bridgehead atoms. The molecule has 3 aromatic rings. The first-order chi connectivity index (χ1) is 16.6. The lowest BCUT2D eigenvalue weighted by Gasteiger charge is -2.12. The van der Waals surface area contributed by atoms with Crippen LogP contribution in [-0.2, 0) is 28.9 Å². The molecule has 182 valence electrons. The molecule has 9 heteroatoms. The first kappa shape index (κ1) is 25.1. The standard InChI is InChI=1S/C23H27N5O4.C2H6/c1-3-28-18-8-6-5-7-17(18)20(26-28)23-25-21(27-32-23)15-9-11-16(12-10-15)22(30)24-14-13-19(29)31-4-2;1-2/h9-12H,3-8,13-14H2,1-2H3,(H,24,30);1-2H3. The highest BCUT2D eigenvalue weighted by Gasteiger charge is 2.25. The van der Waals surface area contributed by atoms with Crippen molar-refractivity contribution in [2.24, 2.45) is 0 Å². The number of nitrogens with one attached hydrogen (secondary N) is 1. The average molecular weight is 468 g/mol. The van der Waals surface area contributed by atoms with E-state index in [-0.39, 0.29) is 24.8 Å². The highest BCUT2D eigenvalue weighted by molar-refractivity contribution is 5.94. The van der Waals surface area contributed by atoms with Crippen molar-refractivity contribution in [2.45, 2.75) is 66.3 Å². The summed E-state index contributed by atoms with van der Waals surface area (Å²) in [5.74, 6) is 0.281. The molecular weight excluding hydrogens is 434 g/mol. The fourth-order valence-corrected chi connectivity index (χ4v) is 3.93. The molecule has 1 aliphatic rings. The van der Waals surface area contributed by atoms with Crippen molar-refractivity contribution in [1.29, 1.82) is 0 Å². The van der Waals surface area contributed by atoms with Crippen LogP contribution in [0.15, 0.2) is 28.8 Å². The van der Waals surface area contributed by atoms with Gasteiger partial charge in [-0.2, -0.15) is 10.1 Å². The van der Waals surface area contributed by atoms with E-state index in [1.165, 1.54) is 17.7 Å². The number of carbonyl (C=O) groups excluding carboxylic acids is 2. The summed E-state index contributed by atoms with van der Waals surface area (Å²) in [4.78, 5) is 28.2. The van der Waals surface area contributed by atoms with E-state index >= 15 is 0 Å². The number of rotatable bonds is 8. The molecule has 1 N–H and O–H groups in total. The molecule has 1 aliphatic carbocycles. The number of nitrogens with zero attached hydrogens (tertiary/aromatic N) is 4. The van der Waals surface area contributed by atoms with Crippen LogP contribution in [-0.4, -0.2) is 44.9 Å². The number of hydrogen-bond acceptors (Lipinski definition) is 7. The summed E-state index contributed by atoms with van der Waals surface area (Å²) in [5.41, 5.74) is 4.48. The molecule has 0 saturated heterocycles. The van der Waals surface area contributed by atoms with Gasteiger partial charge in [0.15, 0.2) is 5.69 Å². The maximum Gasteiger partial charge on any atom is 0.307 e. The number of fused-ring (bicyclic) bond motifs is 1. The average Bonchev–Trinajstić information content (AvgIpc) is 3.50. The van der Waals surface area contributed by atoms with Gasteiger partial charge in [-0.05, 0) is 51.7 Å². The fraction of sp³-hybridized carbons (Fsp3) is 0.480. The number of carbonyl (C=O) groups is 2. The molecule has 0 unspecified atom stereocenters. The third-order valence-electron chi connectivity index (χ3n) is 5.51. The van der Waals surface area contributed by atoms with Crippen LogP contribution in [0.3, 0.4) is 0 Å². The Balaban J connectivity index is 0.00000158. The predicted molar refractivity (Wildman–Crippen MR) is 128 cm³/mol. The number of aromatic nitrogens is 4. The number of benzene rings is 1. The lowest BCUT2D eigenvalue weighted by atomic mass is 9.95. The topological polar surface area (TPSA) is 112 Å². The zero-order valence-corrected chi connectivity index (χ0v) is 20.4. The van der Waals surface area contributed by atoms with Crippen LogP contribution in [0.5, 0.6) is 0 Å². The van der Waals surface area contributed by atoms with Crippen molar-refractivity contribution in [3.8, 4) is 23.0 Å². The van der Waals surface area contributed by atoms with E-state index in [0.29, 0.717) is 23.9 Å². The molecule has 1 amide bonds. The minimum atomic E-state index is -0.332. The molecule has 0 saturated carbocycles. The summed E-state index contributed by atoms with van der Waals surface area (Å²) >= 11 is 0. The van der Waals surface area contributed by atoms with Gasteiger partial charge in [-0.3, -0.25) is 14.3 Å². The highest BCUT2D eigenvalue weighted by Crippen LogP contribution is 2.31. The van der Waals surface area contributed by atoms with E-state index in [0.717, 1.165) is 37.1 Å². The second kappa shape index (κ2) is 12.1. The van der Waals surface area contributed by atoms with Gasteiger partial charge in [-0.1, -0.05) is 31.1 Å². The van der Waals surface area contributed by atoms with Crippen molar-refractivity contribution >= 4 is 11.9 Å². The Hall–Kier alpha value is -3.49. The minimum absolute atomic E-state index is 0.140. The minimum Gasteiger partial charge on any atom is -0.466 e. The Bertz CT molecular complexity index is 1100. The first-order valence-corrected chi connectivity index (χ1v) is 12.1. The van der Waals surface area contributed by atoms with E-state index < -0.39 is 0 Å². The number of hydrogen-bond donors (Lipinski definition) is 1. The van der Waals surface area contributed by atoms with E-state index in [1.54, 1.807) is 31.2 Å². The second-order valence-electron chi connectivity index (χ2n) is 7.61. The zero-order chi connectivity index (χ0) is 24.5. The summed E-state index contributed by atoms with van der Waals surface area (Å²) in [6, 6.07) is 6.93. The SMILES string of the molecule is CC.CCOC(=O)CCNC(=O)c1ccc(-c2noc(-c3nn(CC)c4c3CCCC4)n2)cc1. The Morgan fingerprint density at radius 3 is 2.56 bits per heavy atom. The summed E-state index contributed by atoms with van der Waals surface area (Å²) in [7, 11) is 0. The third kappa shape index (κ3) is 5.70. The third-order valence-corrected chi connectivity index (χ3v) is 5.51. The lowest BCUT2D eigenvalue weighted by molar-refractivity contribution is -0.142. The number of amides is 1. The molecule has 34 heavy (non-hydrogen) atoms. The maximum absolute atomic E-state index is 12.3. The van der Waals surface area contributed by atoms with E-state index in [9.17, 15) is 9.59 Å². The van der Waals surface area contributed by atoms with Gasteiger partial charge in [0.1, 0.15) is 0 Å². The van der Waals surface area contributed by atoms with Crippen molar-refractivity contribution in [3.63, 3.8) is 0 Å². The zero-order valence-electron chi connectivity index (χ0n) is 20.4. The van der Waals surface area contributed by atoms with Gasteiger partial charge in [-0.25, -0.2) is 0 Å². The van der Waals surface area contributed by atoms with Gasteiger partial charge in [0.05, 0.1) is 13.0 Å². The molecular formula is C25H33N5O4. The van der Waals surface area contributed by atoms with Crippen LogP contribution < -0.4 is 5.32 Å². The van der Waals surface area contributed by atoms with Crippen LogP contribution in [0.2, 0.25) is 0 Å². The van der Waals surface area contributed by atoms with E-state index in [2.05, 4.69) is 22.4 Å². The summed E-state index contributed by atoms with van der Waals surface area (Å²) < 4.78 is 12.4. The summed E-state index contributed by atoms with van der Waals surface area (Å²) in [6.07, 6.45) is 4.46. The van der Waals surface area contributed by atoms with Gasteiger partial charge >= 0.3 is 5.97 Å². The normalized spacial score (nSPS) is 12.4. The van der Waals surface area contributed by atoms with Crippen molar-refractivity contribution in [2.75, 3.05) is 13.2 Å². The fourth-order valence-electron chi connectivity index (χ4n) is 3.93. The van der Waals surface area contributed by atoms with Crippen molar-refractivity contribution in [1.82, 2.24) is 25.2 Å². The molecule has 4 rings (SSSR count). The van der Waals surface area contributed by atoms with Crippen LogP contribution in [0.1, 0.15) is 68.6 Å². The molecule has 0 aliphatic heterocycles.